The minimum absolute atomic E-state index is 0.154. The van der Waals surface area contributed by atoms with Crippen LogP contribution in [0.15, 0.2) is 24.5 Å². The van der Waals surface area contributed by atoms with E-state index >= 15 is 0 Å². The quantitative estimate of drug-likeness (QED) is 0.628. The molecule has 2 heterocycles. The third-order valence-corrected chi connectivity index (χ3v) is 1.54. The summed E-state index contributed by atoms with van der Waals surface area (Å²) in [5, 5.41) is 3.90. The van der Waals surface area contributed by atoms with Crippen molar-refractivity contribution in [2.45, 2.75) is 0 Å². The number of nitrogens with two attached hydrogens (primary N) is 2. The highest BCUT2D eigenvalue weighted by atomic mass is 15.4. The summed E-state index contributed by atoms with van der Waals surface area (Å²) in [7, 11) is 0. The van der Waals surface area contributed by atoms with E-state index in [2.05, 4.69) is 15.1 Å². The number of anilines is 2. The van der Waals surface area contributed by atoms with Gasteiger partial charge in [0.05, 0.1) is 11.9 Å². The van der Waals surface area contributed by atoms with Gasteiger partial charge in [0.1, 0.15) is 0 Å². The Morgan fingerprint density at radius 1 is 1.31 bits per heavy atom. The van der Waals surface area contributed by atoms with Gasteiger partial charge in [-0.05, 0) is 12.1 Å². The standard InChI is InChI=1S/C7H8N6/c8-6-11-7(9)13(12-6)5-2-1-3-10-4-5/h1-4H,(H4,8,9,11,12). The number of hydrogen-bond donors (Lipinski definition) is 2. The van der Waals surface area contributed by atoms with Gasteiger partial charge in [0.2, 0.25) is 11.9 Å². The number of nitrogens with zero attached hydrogens (tertiary/aromatic N) is 4. The Balaban J connectivity index is 2.53. The van der Waals surface area contributed by atoms with Gasteiger partial charge in [-0.1, -0.05) is 0 Å². The van der Waals surface area contributed by atoms with Gasteiger partial charge in [0, 0.05) is 6.20 Å². The van der Waals surface area contributed by atoms with Crippen molar-refractivity contribution in [3.8, 4) is 5.69 Å². The molecular formula is C7H8N6. The lowest BCUT2D eigenvalue weighted by Crippen LogP contribution is -2.02. The van der Waals surface area contributed by atoms with Crippen molar-refractivity contribution in [2.75, 3.05) is 11.5 Å². The second kappa shape index (κ2) is 2.74. The molecule has 0 aliphatic heterocycles. The van der Waals surface area contributed by atoms with Crippen molar-refractivity contribution in [1.82, 2.24) is 19.7 Å². The number of nitrogen functional groups attached to an aromatic ring is 2. The first-order chi connectivity index (χ1) is 6.27. The fourth-order valence-electron chi connectivity index (χ4n) is 1.01. The largest absolute Gasteiger partial charge is 0.368 e. The van der Waals surface area contributed by atoms with Gasteiger partial charge in [0.25, 0.3) is 0 Å². The van der Waals surface area contributed by atoms with Crippen LogP contribution >= 0.6 is 0 Å². The first-order valence-corrected chi connectivity index (χ1v) is 3.66. The monoisotopic (exact) mass is 176 g/mol. The molecule has 0 aliphatic carbocycles. The first kappa shape index (κ1) is 7.53. The molecule has 2 aromatic heterocycles. The molecular weight excluding hydrogens is 168 g/mol. The lowest BCUT2D eigenvalue weighted by Gasteiger charge is -1.99. The molecule has 6 heteroatoms. The summed E-state index contributed by atoms with van der Waals surface area (Å²) in [5.41, 5.74) is 11.7. The normalized spacial score (nSPS) is 10.2. The van der Waals surface area contributed by atoms with E-state index in [0.717, 1.165) is 5.69 Å². The van der Waals surface area contributed by atoms with Crippen LogP contribution < -0.4 is 11.5 Å². The summed E-state index contributed by atoms with van der Waals surface area (Å²) >= 11 is 0. The number of rotatable bonds is 1. The molecule has 0 saturated carbocycles. The fraction of sp³-hybridized carbons (Fsp3) is 0. The average Bonchev–Trinajstić information content (AvgIpc) is 2.47. The molecule has 0 radical (unpaired) electrons. The van der Waals surface area contributed by atoms with Crippen LogP contribution in [-0.4, -0.2) is 19.7 Å². The van der Waals surface area contributed by atoms with Gasteiger partial charge in [0.15, 0.2) is 0 Å². The Labute approximate surface area is 74.2 Å². The summed E-state index contributed by atoms with van der Waals surface area (Å²) in [6.45, 7) is 0. The molecule has 0 spiro atoms. The molecule has 4 N–H and O–H groups in total. The van der Waals surface area contributed by atoms with Crippen LogP contribution in [-0.2, 0) is 0 Å². The van der Waals surface area contributed by atoms with Crippen molar-refractivity contribution < 1.29 is 0 Å². The van der Waals surface area contributed by atoms with Crippen molar-refractivity contribution in [3.63, 3.8) is 0 Å². The van der Waals surface area contributed by atoms with E-state index in [-0.39, 0.29) is 11.9 Å². The van der Waals surface area contributed by atoms with Gasteiger partial charge < -0.3 is 11.5 Å². The predicted molar refractivity (Wildman–Crippen MR) is 48.0 cm³/mol. The zero-order valence-electron chi connectivity index (χ0n) is 6.75. The van der Waals surface area contributed by atoms with Crippen molar-refractivity contribution in [3.05, 3.63) is 24.5 Å². The van der Waals surface area contributed by atoms with Crippen molar-refractivity contribution in [1.29, 1.82) is 0 Å². The summed E-state index contributed by atoms with van der Waals surface area (Å²) in [6.07, 6.45) is 3.30. The van der Waals surface area contributed by atoms with Crippen molar-refractivity contribution in [2.24, 2.45) is 0 Å². The number of pyridine rings is 1. The minimum atomic E-state index is 0.154. The molecule has 2 aromatic rings. The third kappa shape index (κ3) is 1.28. The molecule has 2 rings (SSSR count). The van der Waals surface area contributed by atoms with Gasteiger partial charge in [-0.15, -0.1) is 5.10 Å². The number of aromatic nitrogens is 4. The highest BCUT2D eigenvalue weighted by Crippen LogP contribution is 2.09. The molecule has 0 saturated heterocycles. The molecule has 0 aromatic carbocycles. The smallest absolute Gasteiger partial charge is 0.241 e. The highest BCUT2D eigenvalue weighted by molar-refractivity contribution is 5.38. The Kier molecular flexibility index (Phi) is 1.59. The molecule has 0 amide bonds. The van der Waals surface area contributed by atoms with Crippen molar-refractivity contribution >= 4 is 11.9 Å². The molecule has 0 aliphatic rings. The SMILES string of the molecule is Nc1nc(N)n(-c2cccnc2)n1. The average molecular weight is 176 g/mol. The van der Waals surface area contributed by atoms with E-state index < -0.39 is 0 Å². The first-order valence-electron chi connectivity index (χ1n) is 3.66. The molecule has 0 unspecified atom stereocenters. The third-order valence-electron chi connectivity index (χ3n) is 1.54. The zero-order valence-corrected chi connectivity index (χ0v) is 6.75. The molecule has 6 nitrogen and oxygen atoms in total. The van der Waals surface area contributed by atoms with E-state index in [1.54, 1.807) is 18.5 Å². The van der Waals surface area contributed by atoms with Crippen LogP contribution in [0.1, 0.15) is 0 Å². The second-order valence-corrected chi connectivity index (χ2v) is 2.45. The lowest BCUT2D eigenvalue weighted by molar-refractivity contribution is 0.888. The topological polar surface area (TPSA) is 95.6 Å². The maximum atomic E-state index is 5.55. The lowest BCUT2D eigenvalue weighted by atomic mass is 10.4. The minimum Gasteiger partial charge on any atom is -0.368 e. The van der Waals surface area contributed by atoms with Crippen LogP contribution in [0.4, 0.5) is 11.9 Å². The van der Waals surface area contributed by atoms with Crippen LogP contribution in [0.2, 0.25) is 0 Å². The molecule has 66 valence electrons. The fourth-order valence-corrected chi connectivity index (χ4v) is 1.01. The summed E-state index contributed by atoms with van der Waals surface area (Å²) < 4.78 is 1.43. The summed E-state index contributed by atoms with van der Waals surface area (Å²) in [6, 6.07) is 3.60. The van der Waals surface area contributed by atoms with Gasteiger partial charge in [-0.25, -0.2) is 0 Å². The maximum Gasteiger partial charge on any atom is 0.241 e. The Morgan fingerprint density at radius 3 is 2.69 bits per heavy atom. The zero-order chi connectivity index (χ0) is 9.26. The predicted octanol–water partition coefficient (Wildman–Crippen LogP) is -0.173. The summed E-state index contributed by atoms with van der Waals surface area (Å²) in [4.78, 5) is 7.69. The van der Waals surface area contributed by atoms with Gasteiger partial charge >= 0.3 is 0 Å². The van der Waals surface area contributed by atoms with Crippen LogP contribution in [0, 0.1) is 0 Å². The summed E-state index contributed by atoms with van der Waals surface area (Å²) in [5.74, 6) is 0.409. The van der Waals surface area contributed by atoms with E-state index in [0.29, 0.717) is 0 Å². The molecule has 13 heavy (non-hydrogen) atoms. The second-order valence-electron chi connectivity index (χ2n) is 2.45. The molecule has 0 fully saturated rings. The van der Waals surface area contributed by atoms with E-state index in [1.165, 1.54) is 4.68 Å². The Hall–Kier alpha value is -2.11. The van der Waals surface area contributed by atoms with Crippen LogP contribution in [0.3, 0.4) is 0 Å². The van der Waals surface area contributed by atoms with Crippen LogP contribution in [0.5, 0.6) is 0 Å². The Morgan fingerprint density at radius 2 is 2.15 bits per heavy atom. The Bertz CT molecular complexity index is 406. The number of hydrogen-bond acceptors (Lipinski definition) is 5. The molecule has 0 bridgehead atoms. The van der Waals surface area contributed by atoms with Gasteiger partial charge in [-0.3, -0.25) is 4.98 Å². The maximum absolute atomic E-state index is 5.55. The van der Waals surface area contributed by atoms with E-state index in [9.17, 15) is 0 Å². The van der Waals surface area contributed by atoms with E-state index in [4.69, 9.17) is 11.5 Å². The van der Waals surface area contributed by atoms with Gasteiger partial charge in [-0.2, -0.15) is 9.67 Å². The van der Waals surface area contributed by atoms with E-state index in [1.807, 2.05) is 6.07 Å². The highest BCUT2D eigenvalue weighted by Gasteiger charge is 2.04. The van der Waals surface area contributed by atoms with Crippen LogP contribution in [0.25, 0.3) is 5.69 Å². The molecule has 0 atom stereocenters.